The fourth-order valence-electron chi connectivity index (χ4n) is 3.64. The van der Waals surface area contributed by atoms with E-state index in [9.17, 15) is 9.59 Å². The van der Waals surface area contributed by atoms with E-state index in [-0.39, 0.29) is 18.0 Å². The number of amides is 3. The van der Waals surface area contributed by atoms with Gasteiger partial charge in [0.2, 0.25) is 0 Å². The van der Waals surface area contributed by atoms with Crippen molar-refractivity contribution in [2.45, 2.75) is 13.0 Å². The van der Waals surface area contributed by atoms with Crippen LogP contribution in [0.5, 0.6) is 0 Å². The molecule has 0 bridgehead atoms. The molecular formula is C20H24N6O2. The molecule has 1 saturated heterocycles. The highest BCUT2D eigenvalue weighted by molar-refractivity contribution is 5.92. The predicted octanol–water partition coefficient (Wildman–Crippen LogP) is 2.13. The summed E-state index contributed by atoms with van der Waals surface area (Å²) in [6.45, 7) is 3.99. The minimum atomic E-state index is -0.219. The Morgan fingerprint density at radius 1 is 1.07 bits per heavy atom. The molecule has 146 valence electrons. The van der Waals surface area contributed by atoms with Gasteiger partial charge in [0.05, 0.1) is 17.1 Å². The van der Waals surface area contributed by atoms with Gasteiger partial charge in [-0.3, -0.25) is 4.79 Å². The fourth-order valence-corrected chi connectivity index (χ4v) is 3.64. The van der Waals surface area contributed by atoms with Crippen molar-refractivity contribution in [3.63, 3.8) is 0 Å². The normalized spacial score (nSPS) is 15.6. The molecular weight excluding hydrogens is 356 g/mol. The van der Waals surface area contributed by atoms with Gasteiger partial charge in [-0.2, -0.15) is 0 Å². The van der Waals surface area contributed by atoms with Crippen molar-refractivity contribution >= 4 is 23.0 Å². The SMILES string of the molecule is C[C@@H](NC(=O)N1CCN(C(=O)c2ccc[nH]2)CC1)c1nc2ccccc2n1C. The minimum absolute atomic E-state index is 0.0295. The molecule has 2 N–H and O–H groups in total. The molecule has 1 atom stereocenters. The summed E-state index contributed by atoms with van der Waals surface area (Å²) >= 11 is 0. The Labute approximate surface area is 163 Å². The van der Waals surface area contributed by atoms with E-state index in [2.05, 4.69) is 15.3 Å². The van der Waals surface area contributed by atoms with E-state index >= 15 is 0 Å². The lowest BCUT2D eigenvalue weighted by Crippen LogP contribution is -2.53. The minimum Gasteiger partial charge on any atom is -0.357 e. The smallest absolute Gasteiger partial charge is 0.318 e. The number of carbonyl (C=O) groups is 2. The van der Waals surface area contributed by atoms with Crippen molar-refractivity contribution in [3.8, 4) is 0 Å². The number of para-hydroxylation sites is 2. The third-order valence-corrected chi connectivity index (χ3v) is 5.23. The number of hydrogen-bond acceptors (Lipinski definition) is 3. The van der Waals surface area contributed by atoms with E-state index in [1.807, 2.05) is 42.8 Å². The molecule has 1 aliphatic rings. The summed E-state index contributed by atoms with van der Waals surface area (Å²) in [6, 6.07) is 11.1. The van der Waals surface area contributed by atoms with Gasteiger partial charge in [0.15, 0.2) is 0 Å². The first-order valence-corrected chi connectivity index (χ1v) is 9.44. The topological polar surface area (TPSA) is 86.3 Å². The van der Waals surface area contributed by atoms with Gasteiger partial charge < -0.3 is 24.7 Å². The summed E-state index contributed by atoms with van der Waals surface area (Å²) in [6.07, 6.45) is 1.74. The number of imidazole rings is 1. The van der Waals surface area contributed by atoms with Crippen LogP contribution in [0.1, 0.15) is 29.3 Å². The average molecular weight is 380 g/mol. The average Bonchev–Trinajstić information content (AvgIpc) is 3.36. The first-order valence-electron chi connectivity index (χ1n) is 9.44. The summed E-state index contributed by atoms with van der Waals surface area (Å²) < 4.78 is 2.01. The first-order chi connectivity index (χ1) is 13.5. The molecule has 3 amide bonds. The number of nitrogens with zero attached hydrogens (tertiary/aromatic N) is 4. The summed E-state index contributed by atoms with van der Waals surface area (Å²) in [4.78, 5) is 36.2. The van der Waals surface area contributed by atoms with Crippen LogP contribution in [0.2, 0.25) is 0 Å². The zero-order chi connectivity index (χ0) is 19.7. The number of hydrogen-bond donors (Lipinski definition) is 2. The number of piperazine rings is 1. The summed E-state index contributed by atoms with van der Waals surface area (Å²) in [5.41, 5.74) is 2.53. The van der Waals surface area contributed by atoms with Gasteiger partial charge in [-0.25, -0.2) is 9.78 Å². The van der Waals surface area contributed by atoms with Crippen molar-refractivity contribution in [2.75, 3.05) is 26.2 Å². The van der Waals surface area contributed by atoms with Crippen molar-refractivity contribution in [1.82, 2.24) is 29.7 Å². The molecule has 8 heteroatoms. The number of nitrogens with one attached hydrogen (secondary N) is 2. The first kappa shape index (κ1) is 18.1. The van der Waals surface area contributed by atoms with Crippen LogP contribution in [0.3, 0.4) is 0 Å². The second kappa shape index (κ2) is 7.38. The van der Waals surface area contributed by atoms with E-state index in [1.54, 1.807) is 28.1 Å². The van der Waals surface area contributed by atoms with Crippen LogP contribution in [0, 0.1) is 0 Å². The second-order valence-electron chi connectivity index (χ2n) is 7.05. The molecule has 0 aliphatic carbocycles. The van der Waals surface area contributed by atoms with Crippen LogP contribution in [0.4, 0.5) is 4.79 Å². The number of aryl methyl sites for hydroxylation is 1. The number of fused-ring (bicyclic) bond motifs is 1. The maximum Gasteiger partial charge on any atom is 0.318 e. The monoisotopic (exact) mass is 380 g/mol. The van der Waals surface area contributed by atoms with Gasteiger partial charge in [-0.1, -0.05) is 12.1 Å². The van der Waals surface area contributed by atoms with Crippen LogP contribution < -0.4 is 5.32 Å². The Bertz CT molecular complexity index is 985. The zero-order valence-electron chi connectivity index (χ0n) is 16.1. The van der Waals surface area contributed by atoms with Gasteiger partial charge in [-0.05, 0) is 31.2 Å². The molecule has 0 unspecified atom stereocenters. The molecule has 1 aromatic carbocycles. The molecule has 4 rings (SSSR count). The number of urea groups is 1. The maximum absolute atomic E-state index is 12.7. The highest BCUT2D eigenvalue weighted by Gasteiger charge is 2.26. The van der Waals surface area contributed by atoms with Crippen LogP contribution >= 0.6 is 0 Å². The molecule has 8 nitrogen and oxygen atoms in total. The number of rotatable bonds is 3. The largest absolute Gasteiger partial charge is 0.357 e. The van der Waals surface area contributed by atoms with E-state index in [4.69, 9.17) is 0 Å². The predicted molar refractivity (Wildman–Crippen MR) is 106 cm³/mol. The number of benzene rings is 1. The van der Waals surface area contributed by atoms with Crippen molar-refractivity contribution < 1.29 is 9.59 Å². The van der Waals surface area contributed by atoms with Crippen LogP contribution in [-0.4, -0.2) is 62.5 Å². The quantitative estimate of drug-likeness (QED) is 0.730. The molecule has 0 spiro atoms. The summed E-state index contributed by atoms with van der Waals surface area (Å²) in [5.74, 6) is 0.785. The maximum atomic E-state index is 12.7. The Hall–Kier alpha value is -3.29. The standard InChI is InChI=1S/C20H24N6O2/c1-14(18-23-15-6-3-4-8-17(15)24(18)2)22-20(28)26-12-10-25(11-13-26)19(27)16-7-5-9-21-16/h3-9,14,21H,10-13H2,1-2H3,(H,22,28)/t14-/m1/s1. The van der Waals surface area contributed by atoms with Crippen LogP contribution in [0.25, 0.3) is 11.0 Å². The second-order valence-corrected chi connectivity index (χ2v) is 7.05. The number of carbonyl (C=O) groups excluding carboxylic acids is 2. The summed E-state index contributed by atoms with van der Waals surface area (Å²) in [5, 5.41) is 3.03. The van der Waals surface area contributed by atoms with Crippen molar-refractivity contribution in [2.24, 2.45) is 7.05 Å². The summed E-state index contributed by atoms with van der Waals surface area (Å²) in [7, 11) is 1.96. The van der Waals surface area contributed by atoms with Crippen molar-refractivity contribution in [1.29, 1.82) is 0 Å². The van der Waals surface area contributed by atoms with Crippen LogP contribution in [0.15, 0.2) is 42.6 Å². The highest BCUT2D eigenvalue weighted by Crippen LogP contribution is 2.19. The van der Waals surface area contributed by atoms with E-state index in [0.29, 0.717) is 31.9 Å². The van der Waals surface area contributed by atoms with Gasteiger partial charge >= 0.3 is 6.03 Å². The highest BCUT2D eigenvalue weighted by atomic mass is 16.2. The molecule has 1 fully saturated rings. The molecule has 3 aromatic rings. The van der Waals surface area contributed by atoms with Gasteiger partial charge in [0.1, 0.15) is 11.5 Å². The lowest BCUT2D eigenvalue weighted by atomic mass is 10.2. The lowest BCUT2D eigenvalue weighted by Gasteiger charge is -2.35. The number of aromatic nitrogens is 3. The van der Waals surface area contributed by atoms with E-state index < -0.39 is 0 Å². The molecule has 0 radical (unpaired) electrons. The molecule has 2 aromatic heterocycles. The third-order valence-electron chi connectivity index (χ3n) is 5.23. The number of H-pyrrole nitrogens is 1. The molecule has 0 saturated carbocycles. The molecule has 28 heavy (non-hydrogen) atoms. The molecule has 3 heterocycles. The van der Waals surface area contributed by atoms with Crippen molar-refractivity contribution in [3.05, 3.63) is 54.1 Å². The zero-order valence-corrected chi connectivity index (χ0v) is 16.1. The van der Waals surface area contributed by atoms with Gasteiger partial charge in [-0.15, -0.1) is 0 Å². The van der Waals surface area contributed by atoms with E-state index in [1.165, 1.54) is 0 Å². The Balaban J connectivity index is 1.36. The Kier molecular flexibility index (Phi) is 4.77. The van der Waals surface area contributed by atoms with Gasteiger partial charge in [0.25, 0.3) is 5.91 Å². The third kappa shape index (κ3) is 3.33. The molecule has 1 aliphatic heterocycles. The Morgan fingerprint density at radius 2 is 1.79 bits per heavy atom. The number of aromatic amines is 1. The van der Waals surface area contributed by atoms with E-state index in [0.717, 1.165) is 16.9 Å². The fraction of sp³-hybridized carbons (Fsp3) is 0.350. The van der Waals surface area contributed by atoms with Crippen LogP contribution in [-0.2, 0) is 7.05 Å². The lowest BCUT2D eigenvalue weighted by molar-refractivity contribution is 0.0658. The Morgan fingerprint density at radius 3 is 2.46 bits per heavy atom. The van der Waals surface area contributed by atoms with Gasteiger partial charge in [0, 0.05) is 39.4 Å².